The maximum Gasteiger partial charge on any atom is 0.209 e. The number of imidazole rings is 1. The summed E-state index contributed by atoms with van der Waals surface area (Å²) in [5.74, 6) is 0.0245. The number of benzene rings is 2. The Hall–Kier alpha value is -4.72. The van der Waals surface area contributed by atoms with Crippen LogP contribution in [-0.4, -0.2) is 56.1 Å². The smallest absolute Gasteiger partial charge is 0.209 e. The van der Waals surface area contributed by atoms with Crippen molar-refractivity contribution in [2.24, 2.45) is 5.41 Å². The molecule has 0 fully saturated rings. The van der Waals surface area contributed by atoms with E-state index in [-0.39, 0.29) is 12.0 Å². The molecule has 232 valence electrons. The molecule has 4 heterocycles. The maximum atomic E-state index is 14.6. The number of aliphatic hydroxyl groups is 1. The first-order valence-corrected chi connectivity index (χ1v) is 16.2. The Kier molecular flexibility index (Phi) is 7.85. The normalized spacial score (nSPS) is 13.0. The van der Waals surface area contributed by atoms with Gasteiger partial charge in [0.2, 0.25) is 10.0 Å². The van der Waals surface area contributed by atoms with Crippen LogP contribution >= 0.6 is 0 Å². The van der Waals surface area contributed by atoms with Crippen molar-refractivity contribution in [1.82, 2.24) is 34.9 Å². The van der Waals surface area contributed by atoms with Crippen molar-refractivity contribution in [1.29, 1.82) is 0 Å². The molecule has 1 atom stereocenters. The van der Waals surface area contributed by atoms with Crippen LogP contribution in [0.3, 0.4) is 0 Å². The monoisotopic (exact) mass is 628 g/mol. The van der Waals surface area contributed by atoms with Gasteiger partial charge in [0, 0.05) is 29.3 Å². The highest BCUT2D eigenvalue weighted by atomic mass is 32.2. The molecule has 6 aromatic rings. The molecule has 0 saturated carbocycles. The van der Waals surface area contributed by atoms with E-state index in [9.17, 15) is 17.9 Å². The summed E-state index contributed by atoms with van der Waals surface area (Å²) in [7, 11) is -3.44. The van der Waals surface area contributed by atoms with Crippen LogP contribution in [0.4, 0.5) is 10.1 Å². The van der Waals surface area contributed by atoms with Crippen molar-refractivity contribution in [2.45, 2.75) is 40.0 Å². The zero-order chi connectivity index (χ0) is 31.9. The van der Waals surface area contributed by atoms with Gasteiger partial charge in [-0.3, -0.25) is 15.1 Å². The van der Waals surface area contributed by atoms with Gasteiger partial charge in [0.15, 0.2) is 5.82 Å². The van der Waals surface area contributed by atoms with Crippen LogP contribution in [0.15, 0.2) is 67.1 Å². The topological polar surface area (TPSA) is 162 Å². The van der Waals surface area contributed by atoms with Crippen molar-refractivity contribution in [2.75, 3.05) is 11.6 Å². The zero-order valence-electron chi connectivity index (χ0n) is 25.2. The van der Waals surface area contributed by atoms with Gasteiger partial charge in [0.05, 0.1) is 46.6 Å². The van der Waals surface area contributed by atoms with E-state index >= 15 is 0 Å². The van der Waals surface area contributed by atoms with Crippen LogP contribution in [-0.2, 0) is 16.6 Å². The van der Waals surface area contributed by atoms with Crippen LogP contribution < -0.4 is 10.0 Å². The number of sulfonamides is 1. The van der Waals surface area contributed by atoms with Gasteiger partial charge < -0.3 is 15.4 Å². The minimum Gasteiger partial charge on any atom is -0.374 e. The highest BCUT2D eigenvalue weighted by Gasteiger charge is 2.19. The number of H-pyrrole nitrogens is 2. The predicted octanol–water partition coefficient (Wildman–Crippen LogP) is 5.59. The lowest BCUT2D eigenvalue weighted by atomic mass is 9.91. The van der Waals surface area contributed by atoms with Crippen LogP contribution in [0.5, 0.6) is 0 Å². The molecule has 0 aliphatic heterocycles. The van der Waals surface area contributed by atoms with Gasteiger partial charge in [-0.05, 0) is 59.4 Å². The Balaban J connectivity index is 1.34. The molecule has 0 spiro atoms. The molecule has 4 aromatic heterocycles. The number of aromatic nitrogens is 6. The summed E-state index contributed by atoms with van der Waals surface area (Å²) in [5.41, 5.74) is 6.42. The first-order valence-electron chi connectivity index (χ1n) is 14.3. The van der Waals surface area contributed by atoms with Gasteiger partial charge in [-0.2, -0.15) is 5.10 Å². The Morgan fingerprint density at radius 1 is 1.02 bits per heavy atom. The average molecular weight is 629 g/mol. The Labute approximate surface area is 259 Å². The molecule has 0 saturated heterocycles. The molecule has 0 bridgehead atoms. The molecular weight excluding hydrogens is 595 g/mol. The van der Waals surface area contributed by atoms with Gasteiger partial charge in [-0.1, -0.05) is 32.9 Å². The number of pyridine rings is 2. The third kappa shape index (κ3) is 7.00. The number of hydrogen-bond acceptors (Lipinski definition) is 8. The van der Waals surface area contributed by atoms with Crippen molar-refractivity contribution >= 4 is 37.6 Å². The molecule has 0 aliphatic rings. The van der Waals surface area contributed by atoms with Crippen molar-refractivity contribution in [3.63, 3.8) is 0 Å². The molecule has 45 heavy (non-hydrogen) atoms. The van der Waals surface area contributed by atoms with Crippen LogP contribution in [0.25, 0.3) is 55.8 Å². The van der Waals surface area contributed by atoms with Gasteiger partial charge in [-0.25, -0.2) is 22.5 Å². The number of halogens is 1. The minimum atomic E-state index is -3.44. The van der Waals surface area contributed by atoms with Crippen LogP contribution in [0.1, 0.15) is 32.8 Å². The molecule has 0 aliphatic carbocycles. The second-order valence-electron chi connectivity index (χ2n) is 12.3. The Morgan fingerprint density at radius 2 is 1.84 bits per heavy atom. The van der Waals surface area contributed by atoms with E-state index in [4.69, 9.17) is 4.98 Å². The molecule has 0 radical (unpaired) electrons. The summed E-state index contributed by atoms with van der Waals surface area (Å²) < 4.78 is 40.2. The third-order valence-electron chi connectivity index (χ3n) is 7.16. The SMILES string of the molecule is CC(C)(C)CC(O)Nc1cncc(-c2cc3c(-c4nc5c(-c6cc(F)cc(CNS(C)(=O)=O)c6)cccc5[nH]4)n[nH]c3cn2)c1. The fourth-order valence-corrected chi connectivity index (χ4v) is 5.67. The van der Waals surface area contributed by atoms with Crippen LogP contribution in [0.2, 0.25) is 0 Å². The summed E-state index contributed by atoms with van der Waals surface area (Å²) in [6.07, 6.45) is 5.97. The quantitative estimate of drug-likeness (QED) is 0.130. The van der Waals surface area contributed by atoms with E-state index in [1.807, 2.05) is 30.3 Å². The number of aromatic amines is 2. The number of anilines is 1. The minimum absolute atomic E-state index is 0.0347. The van der Waals surface area contributed by atoms with Crippen molar-refractivity contribution < 1.29 is 17.9 Å². The van der Waals surface area contributed by atoms with Crippen molar-refractivity contribution in [3.05, 3.63) is 78.5 Å². The highest BCUT2D eigenvalue weighted by molar-refractivity contribution is 7.88. The van der Waals surface area contributed by atoms with E-state index in [1.54, 1.807) is 24.7 Å². The number of hydrogen-bond donors (Lipinski definition) is 5. The number of para-hydroxylation sites is 1. The van der Waals surface area contributed by atoms with E-state index in [2.05, 4.69) is 56.0 Å². The Bertz CT molecular complexity index is 2140. The molecular formula is C32H33FN8O3S. The molecule has 0 amide bonds. The molecule has 5 N–H and O–H groups in total. The zero-order valence-corrected chi connectivity index (χ0v) is 26.0. The molecule has 13 heteroatoms. The molecule has 1 unspecified atom stereocenters. The fourth-order valence-electron chi connectivity index (χ4n) is 5.24. The van der Waals surface area contributed by atoms with Crippen molar-refractivity contribution in [3.8, 4) is 33.9 Å². The largest absolute Gasteiger partial charge is 0.374 e. The lowest BCUT2D eigenvalue weighted by Crippen LogP contribution is -2.25. The summed E-state index contributed by atoms with van der Waals surface area (Å²) in [6.45, 7) is 6.16. The number of aliphatic hydroxyl groups excluding tert-OH is 1. The van der Waals surface area contributed by atoms with Crippen LogP contribution in [0, 0.1) is 11.2 Å². The molecule has 6 rings (SSSR count). The number of fused-ring (bicyclic) bond motifs is 2. The summed E-state index contributed by atoms with van der Waals surface area (Å²) in [4.78, 5) is 17.1. The fraction of sp³-hybridized carbons (Fsp3) is 0.250. The van der Waals surface area contributed by atoms with Gasteiger partial charge in [0.25, 0.3) is 0 Å². The van der Waals surface area contributed by atoms with E-state index in [1.165, 1.54) is 12.1 Å². The number of rotatable bonds is 9. The number of nitrogens with zero attached hydrogens (tertiary/aromatic N) is 4. The predicted molar refractivity (Wildman–Crippen MR) is 173 cm³/mol. The lowest BCUT2D eigenvalue weighted by molar-refractivity contribution is 0.145. The lowest BCUT2D eigenvalue weighted by Gasteiger charge is -2.23. The molecule has 11 nitrogen and oxygen atoms in total. The van der Waals surface area contributed by atoms with E-state index < -0.39 is 22.1 Å². The Morgan fingerprint density at radius 3 is 2.62 bits per heavy atom. The van der Waals surface area contributed by atoms with Gasteiger partial charge in [0.1, 0.15) is 17.7 Å². The summed E-state index contributed by atoms with van der Waals surface area (Å²) >= 11 is 0. The van der Waals surface area contributed by atoms with E-state index in [0.29, 0.717) is 57.0 Å². The standard InChI is InChI=1S/C32H33FN8O3S/c1-32(2,3)13-28(42)37-22-11-20(15-34-16-22)26-12-24-27(17-35-26)40-41-30(24)31-38-25-7-5-6-23(29(25)39-31)19-8-18(9-21(33)10-19)14-36-45(4,43)44/h5-12,15-17,28,36-37,42H,13-14H2,1-4H3,(H,38,39)(H,40,41). The van der Waals surface area contributed by atoms with Gasteiger partial charge >= 0.3 is 0 Å². The van der Waals surface area contributed by atoms with Gasteiger partial charge in [-0.15, -0.1) is 0 Å². The van der Waals surface area contributed by atoms with E-state index in [0.717, 1.165) is 22.7 Å². The first kappa shape index (κ1) is 30.3. The highest BCUT2D eigenvalue weighted by Crippen LogP contribution is 2.33. The third-order valence-corrected chi connectivity index (χ3v) is 7.83. The molecule has 2 aromatic carbocycles. The summed E-state index contributed by atoms with van der Waals surface area (Å²) in [5, 5.41) is 21.9. The number of nitrogens with one attached hydrogen (secondary N) is 4. The summed E-state index contributed by atoms with van der Waals surface area (Å²) in [6, 6.07) is 13.8. The maximum absolute atomic E-state index is 14.6. The second-order valence-corrected chi connectivity index (χ2v) is 14.1. The average Bonchev–Trinajstić information content (AvgIpc) is 3.58. The first-order chi connectivity index (χ1) is 21.3. The second kappa shape index (κ2) is 11.7.